The molecular weight excluding hydrogens is 272 g/mol. The van der Waals surface area contributed by atoms with Crippen LogP contribution in [0.3, 0.4) is 0 Å². The number of rotatable bonds is 0. The van der Waals surface area contributed by atoms with Crippen LogP contribution in [0.2, 0.25) is 5.28 Å². The first kappa shape index (κ1) is 11.4. The van der Waals surface area contributed by atoms with Gasteiger partial charge in [-0.3, -0.25) is 4.79 Å². The minimum absolute atomic E-state index is 0.0588. The number of fused-ring (bicyclic) bond motifs is 2. The molecule has 0 N–H and O–H groups in total. The number of thiophene rings is 1. The number of carbonyl (C=O) groups is 1. The third-order valence-corrected chi connectivity index (χ3v) is 3.98. The lowest BCUT2D eigenvalue weighted by molar-refractivity contribution is 0.0998. The van der Waals surface area contributed by atoms with Gasteiger partial charge < -0.3 is 9.80 Å². The fraction of sp³-hybridized carbons (Fsp3) is 0.182. The lowest BCUT2D eigenvalue weighted by Crippen LogP contribution is -2.25. The van der Waals surface area contributed by atoms with E-state index in [0.717, 1.165) is 5.69 Å². The predicted molar refractivity (Wildman–Crippen MR) is 72.2 cm³/mol. The number of nitrogens with zero attached hydrogens (tertiary/aromatic N) is 4. The van der Waals surface area contributed by atoms with Crippen LogP contribution >= 0.6 is 22.9 Å². The van der Waals surface area contributed by atoms with Crippen molar-refractivity contribution in [1.29, 1.82) is 0 Å². The minimum atomic E-state index is -0.0588. The van der Waals surface area contributed by atoms with Crippen LogP contribution in [-0.4, -0.2) is 30.0 Å². The maximum absolute atomic E-state index is 12.3. The number of carbonyl (C=O) groups excluding carboxylic acids is 1. The molecule has 92 valence electrons. The molecule has 3 rings (SSSR count). The Morgan fingerprint density at radius 3 is 2.83 bits per heavy atom. The monoisotopic (exact) mass is 280 g/mol. The molecule has 0 saturated carbocycles. The SMILES string of the molecule is CN1C(=O)c2sccc2N(C)c2nc(Cl)ncc21. The van der Waals surface area contributed by atoms with Gasteiger partial charge in [0.1, 0.15) is 10.6 Å². The highest BCUT2D eigenvalue weighted by Gasteiger charge is 2.29. The Hall–Kier alpha value is -1.66. The maximum atomic E-state index is 12.3. The smallest absolute Gasteiger partial charge is 0.270 e. The van der Waals surface area contributed by atoms with Crippen LogP contribution in [0.4, 0.5) is 17.2 Å². The number of hydrogen-bond acceptors (Lipinski definition) is 5. The summed E-state index contributed by atoms with van der Waals surface area (Å²) in [4.78, 5) is 24.6. The Bertz CT molecular complexity index is 642. The van der Waals surface area contributed by atoms with Gasteiger partial charge in [-0.2, -0.15) is 4.98 Å². The summed E-state index contributed by atoms with van der Waals surface area (Å²) in [7, 11) is 3.57. The number of hydrogen-bond donors (Lipinski definition) is 0. The molecule has 0 radical (unpaired) electrons. The van der Waals surface area contributed by atoms with E-state index in [9.17, 15) is 4.79 Å². The molecule has 5 nitrogen and oxygen atoms in total. The summed E-state index contributed by atoms with van der Waals surface area (Å²) in [5.74, 6) is 0.569. The highest BCUT2D eigenvalue weighted by atomic mass is 35.5. The number of halogens is 1. The van der Waals surface area contributed by atoms with E-state index in [1.807, 2.05) is 23.4 Å². The molecule has 7 heteroatoms. The standard InChI is InChI=1S/C11H9ClN4OS/c1-15-6-3-4-18-8(6)10(17)16(2)7-5-13-11(12)14-9(7)15/h3-5H,1-2H3. The van der Waals surface area contributed by atoms with Crippen LogP contribution in [0.25, 0.3) is 0 Å². The molecule has 1 aliphatic heterocycles. The third-order valence-electron chi connectivity index (χ3n) is 2.90. The Balaban J connectivity index is 2.30. The van der Waals surface area contributed by atoms with E-state index >= 15 is 0 Å². The highest BCUT2D eigenvalue weighted by molar-refractivity contribution is 7.12. The van der Waals surface area contributed by atoms with Gasteiger partial charge in [-0.15, -0.1) is 11.3 Å². The van der Waals surface area contributed by atoms with E-state index in [-0.39, 0.29) is 11.2 Å². The second-order valence-electron chi connectivity index (χ2n) is 3.91. The van der Waals surface area contributed by atoms with Gasteiger partial charge in [-0.05, 0) is 23.0 Å². The van der Waals surface area contributed by atoms with E-state index in [2.05, 4.69) is 9.97 Å². The van der Waals surface area contributed by atoms with Crippen molar-refractivity contribution < 1.29 is 4.79 Å². The first-order valence-corrected chi connectivity index (χ1v) is 6.47. The topological polar surface area (TPSA) is 49.3 Å². The van der Waals surface area contributed by atoms with E-state index in [4.69, 9.17) is 11.6 Å². The average molecular weight is 281 g/mol. The molecule has 0 saturated heterocycles. The van der Waals surface area contributed by atoms with Crippen LogP contribution in [0.5, 0.6) is 0 Å². The summed E-state index contributed by atoms with van der Waals surface area (Å²) < 4.78 is 0. The van der Waals surface area contributed by atoms with Gasteiger partial charge in [-0.1, -0.05) is 0 Å². The second-order valence-corrected chi connectivity index (χ2v) is 5.16. The van der Waals surface area contributed by atoms with Crippen molar-refractivity contribution in [3.05, 3.63) is 27.8 Å². The van der Waals surface area contributed by atoms with Crippen LogP contribution in [0.1, 0.15) is 9.67 Å². The molecule has 0 atom stereocenters. The van der Waals surface area contributed by atoms with Crippen LogP contribution in [0.15, 0.2) is 17.6 Å². The van der Waals surface area contributed by atoms with Crippen LogP contribution in [-0.2, 0) is 0 Å². The summed E-state index contributed by atoms with van der Waals surface area (Å²) in [5, 5.41) is 2.06. The lowest BCUT2D eigenvalue weighted by Gasteiger charge is -2.19. The van der Waals surface area contributed by atoms with E-state index in [0.29, 0.717) is 16.4 Å². The van der Waals surface area contributed by atoms with Crippen molar-refractivity contribution in [3.63, 3.8) is 0 Å². The van der Waals surface area contributed by atoms with Gasteiger partial charge in [-0.25, -0.2) is 4.98 Å². The Morgan fingerprint density at radius 2 is 2.06 bits per heavy atom. The summed E-state index contributed by atoms with van der Waals surface area (Å²) in [6.07, 6.45) is 1.57. The van der Waals surface area contributed by atoms with Crippen molar-refractivity contribution >= 4 is 46.0 Å². The summed E-state index contributed by atoms with van der Waals surface area (Å²) in [6.45, 7) is 0. The van der Waals surface area contributed by atoms with Gasteiger partial charge in [0.05, 0.1) is 11.9 Å². The Labute approximate surface area is 113 Å². The van der Waals surface area contributed by atoms with E-state index < -0.39 is 0 Å². The first-order valence-electron chi connectivity index (χ1n) is 5.21. The van der Waals surface area contributed by atoms with Crippen molar-refractivity contribution in [2.45, 2.75) is 0 Å². The van der Waals surface area contributed by atoms with Gasteiger partial charge in [0.25, 0.3) is 5.91 Å². The normalized spacial score (nSPS) is 14.3. The number of aromatic nitrogens is 2. The number of amides is 1. The summed E-state index contributed by atoms with van der Waals surface area (Å²) in [5.41, 5.74) is 1.49. The largest absolute Gasteiger partial charge is 0.326 e. The molecule has 2 aromatic heterocycles. The number of anilines is 3. The quantitative estimate of drug-likeness (QED) is 0.696. The lowest BCUT2D eigenvalue weighted by atomic mass is 10.3. The van der Waals surface area contributed by atoms with Crippen LogP contribution < -0.4 is 9.80 Å². The zero-order valence-electron chi connectivity index (χ0n) is 9.72. The van der Waals surface area contributed by atoms with Gasteiger partial charge in [0, 0.05) is 14.1 Å². The van der Waals surface area contributed by atoms with Crippen molar-refractivity contribution in [2.24, 2.45) is 0 Å². The van der Waals surface area contributed by atoms with Gasteiger partial charge >= 0.3 is 0 Å². The van der Waals surface area contributed by atoms with Crippen LogP contribution in [0, 0.1) is 0 Å². The second kappa shape index (κ2) is 3.93. The summed E-state index contributed by atoms with van der Waals surface area (Å²) >= 11 is 7.25. The molecular formula is C11H9ClN4OS. The average Bonchev–Trinajstić information content (AvgIpc) is 2.82. The van der Waals surface area contributed by atoms with Crippen molar-refractivity contribution in [2.75, 3.05) is 23.9 Å². The Morgan fingerprint density at radius 1 is 1.28 bits per heavy atom. The van der Waals surface area contributed by atoms with E-state index in [1.54, 1.807) is 18.1 Å². The first-order chi connectivity index (χ1) is 8.59. The molecule has 1 aliphatic rings. The van der Waals surface area contributed by atoms with Gasteiger partial charge in [0.2, 0.25) is 5.28 Å². The molecule has 2 aromatic rings. The zero-order valence-corrected chi connectivity index (χ0v) is 11.3. The molecule has 0 aromatic carbocycles. The molecule has 0 spiro atoms. The molecule has 0 bridgehead atoms. The van der Waals surface area contributed by atoms with E-state index in [1.165, 1.54) is 11.3 Å². The van der Waals surface area contributed by atoms with Gasteiger partial charge in [0.15, 0.2) is 5.82 Å². The third kappa shape index (κ3) is 1.49. The summed E-state index contributed by atoms with van der Waals surface area (Å²) in [6, 6.07) is 1.90. The highest BCUT2D eigenvalue weighted by Crippen LogP contribution is 2.39. The van der Waals surface area contributed by atoms with Crippen molar-refractivity contribution in [3.8, 4) is 0 Å². The zero-order chi connectivity index (χ0) is 12.9. The fourth-order valence-electron chi connectivity index (χ4n) is 1.93. The molecule has 1 amide bonds. The molecule has 0 fully saturated rings. The van der Waals surface area contributed by atoms with Crippen molar-refractivity contribution in [1.82, 2.24) is 9.97 Å². The minimum Gasteiger partial charge on any atom is -0.326 e. The maximum Gasteiger partial charge on any atom is 0.270 e. The Kier molecular flexibility index (Phi) is 2.49. The molecule has 18 heavy (non-hydrogen) atoms. The fourth-order valence-corrected chi connectivity index (χ4v) is 2.96. The predicted octanol–water partition coefficient (Wildman–Crippen LogP) is 2.55. The molecule has 3 heterocycles. The molecule has 0 aliphatic carbocycles. The molecule has 0 unspecified atom stereocenters.